The number of carboxylic acids is 1. The Kier molecular flexibility index (Phi) is 5.49. The van der Waals surface area contributed by atoms with Crippen molar-refractivity contribution in [3.63, 3.8) is 0 Å². The van der Waals surface area contributed by atoms with E-state index in [0.29, 0.717) is 6.54 Å². The van der Waals surface area contributed by atoms with Gasteiger partial charge in [0.1, 0.15) is 0 Å². The molecule has 0 saturated heterocycles. The Morgan fingerprint density at radius 2 is 2.03 bits per heavy atom. The monoisotopic (exact) mass is 392 g/mol. The lowest BCUT2D eigenvalue weighted by atomic mass is 9.91. The molecule has 4 rings (SSSR count). The van der Waals surface area contributed by atoms with E-state index < -0.39 is 5.97 Å². The van der Waals surface area contributed by atoms with Gasteiger partial charge in [0.2, 0.25) is 0 Å². The van der Waals surface area contributed by atoms with Crippen LogP contribution in [0.25, 0.3) is 17.0 Å². The first kappa shape index (κ1) is 19.4. The van der Waals surface area contributed by atoms with Gasteiger partial charge in [0, 0.05) is 35.8 Å². The molecule has 1 aromatic heterocycles. The summed E-state index contributed by atoms with van der Waals surface area (Å²) in [5.74, 6) is -0.989. The Labute approximate surface area is 169 Å². The Balaban J connectivity index is 1.75. The van der Waals surface area contributed by atoms with Crippen LogP contribution < -0.4 is 0 Å². The average Bonchev–Trinajstić information content (AvgIpc) is 3.11. The van der Waals surface area contributed by atoms with E-state index in [2.05, 4.69) is 28.1 Å². The summed E-state index contributed by atoms with van der Waals surface area (Å²) >= 11 is 0. The van der Waals surface area contributed by atoms with Gasteiger partial charge in [0.15, 0.2) is 0 Å². The summed E-state index contributed by atoms with van der Waals surface area (Å²) < 4.78 is 13.2. The third kappa shape index (κ3) is 3.96. The number of halogens is 1. The Morgan fingerprint density at radius 3 is 2.76 bits per heavy atom. The van der Waals surface area contributed by atoms with Crippen LogP contribution in [0.3, 0.4) is 0 Å². The third-order valence-electron chi connectivity index (χ3n) is 5.61. The lowest BCUT2D eigenvalue weighted by Crippen LogP contribution is -2.39. The summed E-state index contributed by atoms with van der Waals surface area (Å²) in [5, 5.41) is 10.1. The third-order valence-corrected chi connectivity index (χ3v) is 5.61. The van der Waals surface area contributed by atoms with Crippen molar-refractivity contribution in [3.05, 3.63) is 77.0 Å². The van der Waals surface area contributed by atoms with Crippen LogP contribution in [0.2, 0.25) is 0 Å². The van der Waals surface area contributed by atoms with Gasteiger partial charge >= 0.3 is 5.97 Å². The molecule has 0 bridgehead atoms. The maximum Gasteiger partial charge on any atom is 0.328 e. The van der Waals surface area contributed by atoms with E-state index in [-0.39, 0.29) is 18.6 Å². The van der Waals surface area contributed by atoms with Crippen molar-refractivity contribution in [1.82, 2.24) is 9.88 Å². The zero-order valence-electron chi connectivity index (χ0n) is 16.4. The predicted octanol–water partition coefficient (Wildman–Crippen LogP) is 4.82. The number of aromatic nitrogens is 1. The molecule has 0 fully saturated rings. The van der Waals surface area contributed by atoms with Crippen molar-refractivity contribution in [2.45, 2.75) is 19.4 Å². The Hall–Kier alpha value is -2.92. The van der Waals surface area contributed by atoms with E-state index in [9.17, 15) is 9.18 Å². The summed E-state index contributed by atoms with van der Waals surface area (Å²) in [5.41, 5.74) is 5.61. The van der Waals surface area contributed by atoms with E-state index in [1.807, 2.05) is 37.3 Å². The summed E-state index contributed by atoms with van der Waals surface area (Å²) in [6.45, 7) is 3.18. The molecule has 0 amide bonds. The van der Waals surface area contributed by atoms with Crippen LogP contribution in [-0.4, -0.2) is 40.7 Å². The first-order valence-corrected chi connectivity index (χ1v) is 9.97. The standard InChI is InChI=1S/C24H25FN2O2/c1-16(14-25)15-27-13-12-20-19-4-2-3-5-21(19)26-23(20)24(27)18-9-6-17(7-10-18)8-11-22(28)29/h2-11,16,24,26H,12-15H2,1H3,(H,28,29)/b11-8+/t16-,24-/m1/s1. The number of rotatable bonds is 6. The maximum absolute atomic E-state index is 13.2. The van der Waals surface area contributed by atoms with Crippen LogP contribution in [0, 0.1) is 5.92 Å². The van der Waals surface area contributed by atoms with Crippen molar-refractivity contribution >= 4 is 22.9 Å². The number of fused-ring (bicyclic) bond motifs is 3. The number of aliphatic carboxylic acids is 1. The lowest BCUT2D eigenvalue weighted by molar-refractivity contribution is -0.131. The number of hydrogen-bond donors (Lipinski definition) is 2. The molecule has 1 aliphatic rings. The molecule has 0 aliphatic carbocycles. The molecule has 2 aromatic carbocycles. The number of para-hydroxylation sites is 1. The van der Waals surface area contributed by atoms with Crippen LogP contribution in [0.5, 0.6) is 0 Å². The lowest BCUT2D eigenvalue weighted by Gasteiger charge is -2.37. The minimum atomic E-state index is -0.963. The molecule has 3 aromatic rings. The van der Waals surface area contributed by atoms with E-state index in [4.69, 9.17) is 5.11 Å². The quantitative estimate of drug-likeness (QED) is 0.592. The molecule has 1 aliphatic heterocycles. The zero-order valence-corrected chi connectivity index (χ0v) is 16.4. The first-order valence-electron chi connectivity index (χ1n) is 9.97. The van der Waals surface area contributed by atoms with Gasteiger partial charge in [-0.15, -0.1) is 0 Å². The number of alkyl halides is 1. The highest BCUT2D eigenvalue weighted by molar-refractivity contribution is 5.86. The van der Waals surface area contributed by atoms with Crippen molar-refractivity contribution in [3.8, 4) is 0 Å². The first-order chi connectivity index (χ1) is 14.1. The fourth-order valence-electron chi connectivity index (χ4n) is 4.27. The number of carbonyl (C=O) groups is 1. The van der Waals surface area contributed by atoms with Gasteiger partial charge in [0.05, 0.1) is 12.7 Å². The average molecular weight is 392 g/mol. The predicted molar refractivity (Wildman–Crippen MR) is 114 cm³/mol. The van der Waals surface area contributed by atoms with Crippen molar-refractivity contribution in [1.29, 1.82) is 0 Å². The molecule has 150 valence electrons. The molecule has 5 heteroatoms. The second-order valence-corrected chi connectivity index (χ2v) is 7.81. The molecule has 29 heavy (non-hydrogen) atoms. The van der Waals surface area contributed by atoms with Crippen LogP contribution in [-0.2, 0) is 11.2 Å². The molecular weight excluding hydrogens is 367 g/mol. The highest BCUT2D eigenvalue weighted by Gasteiger charge is 2.32. The molecule has 0 spiro atoms. The van der Waals surface area contributed by atoms with Crippen LogP contribution in [0.15, 0.2) is 54.6 Å². The van der Waals surface area contributed by atoms with Gasteiger partial charge in [-0.3, -0.25) is 9.29 Å². The van der Waals surface area contributed by atoms with E-state index in [1.54, 1.807) is 6.08 Å². The fraction of sp³-hybridized carbons (Fsp3) is 0.292. The summed E-state index contributed by atoms with van der Waals surface area (Å²) in [7, 11) is 0. The second kappa shape index (κ2) is 8.21. The summed E-state index contributed by atoms with van der Waals surface area (Å²) in [6, 6.07) is 16.3. The van der Waals surface area contributed by atoms with E-state index in [0.717, 1.165) is 35.7 Å². The van der Waals surface area contributed by atoms with Gasteiger partial charge in [0.25, 0.3) is 0 Å². The summed E-state index contributed by atoms with van der Waals surface area (Å²) in [4.78, 5) is 16.7. The highest BCUT2D eigenvalue weighted by Crippen LogP contribution is 2.38. The van der Waals surface area contributed by atoms with E-state index in [1.165, 1.54) is 16.6 Å². The second-order valence-electron chi connectivity index (χ2n) is 7.81. The van der Waals surface area contributed by atoms with Gasteiger partial charge in [-0.25, -0.2) is 4.79 Å². The fourth-order valence-corrected chi connectivity index (χ4v) is 4.27. The molecule has 2 atom stereocenters. The van der Waals surface area contributed by atoms with Crippen molar-refractivity contribution in [2.75, 3.05) is 19.8 Å². The van der Waals surface area contributed by atoms with Crippen LogP contribution in [0.4, 0.5) is 4.39 Å². The highest BCUT2D eigenvalue weighted by atomic mass is 19.1. The topological polar surface area (TPSA) is 56.3 Å². The molecule has 0 unspecified atom stereocenters. The number of aromatic amines is 1. The van der Waals surface area contributed by atoms with Crippen molar-refractivity contribution < 1.29 is 14.3 Å². The van der Waals surface area contributed by atoms with Crippen molar-refractivity contribution in [2.24, 2.45) is 5.92 Å². The molecule has 2 N–H and O–H groups in total. The molecule has 2 heterocycles. The van der Waals surface area contributed by atoms with Crippen LogP contribution in [0.1, 0.15) is 35.3 Å². The maximum atomic E-state index is 13.2. The zero-order chi connectivity index (χ0) is 20.4. The Bertz CT molecular complexity index is 1040. The minimum Gasteiger partial charge on any atom is -0.478 e. The molecular formula is C24H25FN2O2. The molecule has 0 radical (unpaired) electrons. The SMILES string of the molecule is C[C@H](CF)CN1CCc2c([nH]c3ccccc23)[C@H]1c1ccc(/C=C/C(=O)O)cc1. The van der Waals surface area contributed by atoms with Gasteiger partial charge in [-0.1, -0.05) is 49.4 Å². The largest absolute Gasteiger partial charge is 0.478 e. The normalized spacial score (nSPS) is 18.2. The smallest absolute Gasteiger partial charge is 0.328 e. The summed E-state index contributed by atoms with van der Waals surface area (Å²) in [6.07, 6.45) is 3.67. The number of H-pyrrole nitrogens is 1. The van der Waals surface area contributed by atoms with Gasteiger partial charge < -0.3 is 10.1 Å². The van der Waals surface area contributed by atoms with Crippen LogP contribution >= 0.6 is 0 Å². The number of carboxylic acid groups (broad SMARTS) is 1. The minimum absolute atomic E-state index is 0.0256. The number of benzene rings is 2. The molecule has 4 nitrogen and oxygen atoms in total. The number of nitrogens with zero attached hydrogens (tertiary/aromatic N) is 1. The number of nitrogens with one attached hydrogen (secondary N) is 1. The van der Waals surface area contributed by atoms with E-state index >= 15 is 0 Å². The number of hydrogen-bond acceptors (Lipinski definition) is 2. The Morgan fingerprint density at radius 1 is 1.28 bits per heavy atom. The molecule has 0 saturated carbocycles. The van der Waals surface area contributed by atoms with Gasteiger partial charge in [-0.2, -0.15) is 0 Å². The van der Waals surface area contributed by atoms with Gasteiger partial charge in [-0.05, 0) is 41.2 Å².